The Morgan fingerprint density at radius 3 is 2.62 bits per heavy atom. The van der Waals surface area contributed by atoms with Crippen LogP contribution in [0.1, 0.15) is 5.56 Å². The van der Waals surface area contributed by atoms with Crippen molar-refractivity contribution < 1.29 is 27.8 Å². The van der Waals surface area contributed by atoms with E-state index >= 15 is 0 Å². The molecule has 0 unspecified atom stereocenters. The van der Waals surface area contributed by atoms with E-state index in [0.29, 0.717) is 11.3 Å². The Bertz CT molecular complexity index is 749. The van der Waals surface area contributed by atoms with Gasteiger partial charge in [0.05, 0.1) is 19.2 Å². The van der Waals surface area contributed by atoms with Gasteiger partial charge in [-0.25, -0.2) is 8.78 Å². The average Bonchev–Trinajstić information content (AvgIpc) is 2.57. The Morgan fingerprint density at radius 2 is 1.88 bits per heavy atom. The Balaban J connectivity index is 1.87. The number of nitrogens with one attached hydrogen (secondary N) is 1. The predicted octanol–water partition coefficient (Wildman–Crippen LogP) is 2.70. The van der Waals surface area contributed by atoms with E-state index in [1.807, 2.05) is 0 Å². The lowest BCUT2D eigenvalue weighted by molar-refractivity contribution is -0.146. The lowest BCUT2D eigenvalue weighted by Gasteiger charge is -2.09. The van der Waals surface area contributed by atoms with E-state index in [9.17, 15) is 18.4 Å². The first-order chi connectivity index (χ1) is 11.5. The summed E-state index contributed by atoms with van der Waals surface area (Å²) < 4.78 is 36.3. The van der Waals surface area contributed by atoms with Crippen molar-refractivity contribution in [2.45, 2.75) is 6.42 Å². The van der Waals surface area contributed by atoms with E-state index in [1.54, 1.807) is 24.3 Å². The van der Waals surface area contributed by atoms with Crippen LogP contribution in [-0.2, 0) is 20.7 Å². The van der Waals surface area contributed by atoms with Crippen molar-refractivity contribution in [3.63, 3.8) is 0 Å². The summed E-state index contributed by atoms with van der Waals surface area (Å²) in [6, 6.07) is 9.55. The third-order valence-corrected chi connectivity index (χ3v) is 3.09. The fourth-order valence-corrected chi connectivity index (χ4v) is 1.98. The van der Waals surface area contributed by atoms with Crippen molar-refractivity contribution in [2.75, 3.05) is 19.0 Å². The molecule has 126 valence electrons. The molecule has 0 atom stereocenters. The molecule has 1 N–H and O–H groups in total. The van der Waals surface area contributed by atoms with Gasteiger partial charge in [-0.2, -0.15) is 0 Å². The van der Waals surface area contributed by atoms with Crippen molar-refractivity contribution in [1.29, 1.82) is 0 Å². The van der Waals surface area contributed by atoms with Gasteiger partial charge < -0.3 is 14.8 Å². The van der Waals surface area contributed by atoms with Gasteiger partial charge in [0.15, 0.2) is 6.61 Å². The Kier molecular flexibility index (Phi) is 5.83. The second kappa shape index (κ2) is 8.05. The standard InChI is InChI=1S/C17H15F2NO4/c1-23-15-5-3-2-4-11(15)8-17(22)24-10-16(21)20-14-9-12(18)6-7-13(14)19/h2-7,9H,8,10H2,1H3,(H,20,21). The van der Waals surface area contributed by atoms with Gasteiger partial charge in [-0.15, -0.1) is 0 Å². The van der Waals surface area contributed by atoms with Gasteiger partial charge in [0.25, 0.3) is 5.91 Å². The minimum atomic E-state index is -0.787. The van der Waals surface area contributed by atoms with Gasteiger partial charge in [0, 0.05) is 11.6 Å². The molecule has 0 aliphatic rings. The summed E-state index contributed by atoms with van der Waals surface area (Å²) in [6.07, 6.45) is -0.0778. The fraction of sp³-hybridized carbons (Fsp3) is 0.176. The van der Waals surface area contributed by atoms with Crippen molar-refractivity contribution in [2.24, 2.45) is 0 Å². The molecule has 0 saturated heterocycles. The van der Waals surface area contributed by atoms with E-state index < -0.39 is 30.1 Å². The Labute approximate surface area is 137 Å². The molecule has 0 spiro atoms. The summed E-state index contributed by atoms with van der Waals surface area (Å²) in [7, 11) is 1.48. The molecule has 0 aliphatic carbocycles. The van der Waals surface area contributed by atoms with Crippen LogP contribution in [-0.4, -0.2) is 25.6 Å². The molecule has 7 heteroatoms. The van der Waals surface area contributed by atoms with Gasteiger partial charge in [0.1, 0.15) is 17.4 Å². The fourth-order valence-electron chi connectivity index (χ4n) is 1.98. The highest BCUT2D eigenvalue weighted by Crippen LogP contribution is 2.18. The lowest BCUT2D eigenvalue weighted by atomic mass is 10.1. The predicted molar refractivity (Wildman–Crippen MR) is 82.6 cm³/mol. The molecule has 0 aliphatic heterocycles. The highest BCUT2D eigenvalue weighted by molar-refractivity contribution is 5.93. The Morgan fingerprint density at radius 1 is 1.12 bits per heavy atom. The molecule has 2 rings (SSSR count). The molecule has 24 heavy (non-hydrogen) atoms. The van der Waals surface area contributed by atoms with Crippen molar-refractivity contribution >= 4 is 17.6 Å². The number of ether oxygens (including phenoxy) is 2. The van der Waals surface area contributed by atoms with Crippen LogP contribution >= 0.6 is 0 Å². The SMILES string of the molecule is COc1ccccc1CC(=O)OCC(=O)Nc1cc(F)ccc1F. The van der Waals surface area contributed by atoms with E-state index in [4.69, 9.17) is 9.47 Å². The number of hydrogen-bond donors (Lipinski definition) is 1. The smallest absolute Gasteiger partial charge is 0.310 e. The van der Waals surface area contributed by atoms with Gasteiger partial charge in [0.2, 0.25) is 0 Å². The molecule has 5 nitrogen and oxygen atoms in total. The van der Waals surface area contributed by atoms with Crippen LogP contribution in [0.2, 0.25) is 0 Å². The summed E-state index contributed by atoms with van der Waals surface area (Å²) in [5, 5.41) is 2.14. The van der Waals surface area contributed by atoms with Crippen LogP contribution in [0.4, 0.5) is 14.5 Å². The normalized spacial score (nSPS) is 10.1. The lowest BCUT2D eigenvalue weighted by Crippen LogP contribution is -2.22. The third-order valence-electron chi connectivity index (χ3n) is 3.09. The zero-order valence-corrected chi connectivity index (χ0v) is 12.8. The first-order valence-electron chi connectivity index (χ1n) is 7.02. The summed E-state index contributed by atoms with van der Waals surface area (Å²) in [4.78, 5) is 23.4. The molecule has 2 aromatic carbocycles. The van der Waals surface area contributed by atoms with Crippen molar-refractivity contribution in [3.05, 3.63) is 59.7 Å². The van der Waals surface area contributed by atoms with Crippen LogP contribution in [0.3, 0.4) is 0 Å². The zero-order chi connectivity index (χ0) is 17.5. The van der Waals surface area contributed by atoms with Gasteiger partial charge in [-0.1, -0.05) is 18.2 Å². The second-order valence-electron chi connectivity index (χ2n) is 4.82. The number of benzene rings is 2. The summed E-state index contributed by atoms with van der Waals surface area (Å²) in [5.41, 5.74) is 0.294. The molecular formula is C17H15F2NO4. The summed E-state index contributed by atoms with van der Waals surface area (Å²) >= 11 is 0. The molecule has 1 amide bonds. The number of halogens is 2. The molecule has 0 aromatic heterocycles. The maximum atomic E-state index is 13.4. The van der Waals surface area contributed by atoms with Gasteiger partial charge >= 0.3 is 5.97 Å². The summed E-state index contributed by atoms with van der Waals surface area (Å²) in [5.74, 6) is -2.37. The van der Waals surface area contributed by atoms with Crippen LogP contribution in [0.25, 0.3) is 0 Å². The third kappa shape index (κ3) is 4.77. The van der Waals surface area contributed by atoms with Crippen LogP contribution in [0, 0.1) is 11.6 Å². The first-order valence-corrected chi connectivity index (χ1v) is 7.02. The van der Waals surface area contributed by atoms with Crippen molar-refractivity contribution in [1.82, 2.24) is 0 Å². The first kappa shape index (κ1) is 17.4. The van der Waals surface area contributed by atoms with E-state index in [-0.39, 0.29) is 12.1 Å². The largest absolute Gasteiger partial charge is 0.496 e. The molecule has 0 radical (unpaired) electrons. The van der Waals surface area contributed by atoms with Crippen molar-refractivity contribution in [3.8, 4) is 5.75 Å². The number of hydrogen-bond acceptors (Lipinski definition) is 4. The molecule has 0 heterocycles. The number of carbonyl (C=O) groups is 2. The summed E-state index contributed by atoms with van der Waals surface area (Å²) in [6.45, 7) is -0.607. The van der Waals surface area contributed by atoms with Gasteiger partial charge in [-0.3, -0.25) is 9.59 Å². The van der Waals surface area contributed by atoms with Crippen LogP contribution in [0.5, 0.6) is 5.75 Å². The van der Waals surface area contributed by atoms with Crippen LogP contribution < -0.4 is 10.1 Å². The van der Waals surface area contributed by atoms with Crippen LogP contribution in [0.15, 0.2) is 42.5 Å². The molecular weight excluding hydrogens is 320 g/mol. The molecule has 0 fully saturated rings. The number of amides is 1. The van der Waals surface area contributed by atoms with E-state index in [2.05, 4.69) is 5.32 Å². The second-order valence-corrected chi connectivity index (χ2v) is 4.82. The van der Waals surface area contributed by atoms with Gasteiger partial charge in [-0.05, 0) is 18.2 Å². The molecule has 2 aromatic rings. The van der Waals surface area contributed by atoms with E-state index in [1.165, 1.54) is 7.11 Å². The number of carbonyl (C=O) groups excluding carboxylic acids is 2. The van der Waals surface area contributed by atoms with E-state index in [0.717, 1.165) is 18.2 Å². The minimum Gasteiger partial charge on any atom is -0.496 e. The quantitative estimate of drug-likeness (QED) is 0.825. The number of rotatable bonds is 6. The minimum absolute atomic E-state index is 0.0778. The monoisotopic (exact) mass is 335 g/mol. The maximum absolute atomic E-state index is 13.4. The number of para-hydroxylation sites is 1. The highest BCUT2D eigenvalue weighted by Gasteiger charge is 2.13. The molecule has 0 bridgehead atoms. The maximum Gasteiger partial charge on any atom is 0.310 e. The Hall–Kier alpha value is -2.96. The number of esters is 1. The topological polar surface area (TPSA) is 64.6 Å². The average molecular weight is 335 g/mol. The molecule has 0 saturated carbocycles. The zero-order valence-electron chi connectivity index (χ0n) is 12.8. The highest BCUT2D eigenvalue weighted by atomic mass is 19.1. The number of anilines is 1. The number of methoxy groups -OCH3 is 1.